The van der Waals surface area contributed by atoms with E-state index in [0.717, 1.165) is 53.9 Å². The van der Waals surface area contributed by atoms with Crippen LogP contribution in [0, 0.1) is 25.6 Å². The van der Waals surface area contributed by atoms with E-state index in [4.69, 9.17) is 0 Å². The van der Waals surface area contributed by atoms with Crippen LogP contribution in [0.15, 0.2) is 60.7 Å². The summed E-state index contributed by atoms with van der Waals surface area (Å²) in [4.78, 5) is 15.8. The quantitative estimate of drug-likeness (QED) is 0.457. The molecule has 1 atom stereocenters. The smallest absolute Gasteiger partial charge is 0.232 e. The molecule has 2 aliphatic heterocycles. The van der Waals surface area contributed by atoms with Crippen molar-refractivity contribution in [2.75, 3.05) is 23.0 Å². The predicted molar refractivity (Wildman–Crippen MR) is 134 cm³/mol. The van der Waals surface area contributed by atoms with Gasteiger partial charge in [-0.15, -0.1) is 0 Å². The first-order chi connectivity index (χ1) is 16.5. The van der Waals surface area contributed by atoms with Gasteiger partial charge < -0.3 is 0 Å². The number of aryl methyl sites for hydroxylation is 2. The van der Waals surface area contributed by atoms with Crippen molar-refractivity contribution in [1.29, 1.82) is 0 Å². The fraction of sp³-hybridized carbons (Fsp3) is 0.345. The molecule has 1 unspecified atom stereocenters. The number of halogens is 1. The van der Waals surface area contributed by atoms with Gasteiger partial charge in [-0.05, 0) is 79.5 Å². The Morgan fingerprint density at radius 3 is 1.94 bits per heavy atom. The van der Waals surface area contributed by atoms with Crippen LogP contribution in [0.25, 0.3) is 11.1 Å². The Hall–Kier alpha value is -3.18. The number of hydrazine groups is 1. The van der Waals surface area contributed by atoms with Gasteiger partial charge in [-0.1, -0.05) is 48.5 Å². The molecule has 3 aliphatic rings. The summed E-state index contributed by atoms with van der Waals surface area (Å²) in [5.41, 5.74) is 7.70. The molecule has 0 N–H and O–H groups in total. The third-order valence-corrected chi connectivity index (χ3v) is 7.44. The van der Waals surface area contributed by atoms with Crippen molar-refractivity contribution in [3.63, 3.8) is 0 Å². The van der Waals surface area contributed by atoms with Gasteiger partial charge in [0.2, 0.25) is 5.91 Å². The van der Waals surface area contributed by atoms with Gasteiger partial charge in [0.25, 0.3) is 0 Å². The van der Waals surface area contributed by atoms with Gasteiger partial charge in [0, 0.05) is 19.0 Å². The molecule has 3 aromatic rings. The topological polar surface area (TPSA) is 26.8 Å². The van der Waals surface area contributed by atoms with Gasteiger partial charge in [-0.2, -0.15) is 0 Å². The predicted octanol–water partition coefficient (Wildman–Crippen LogP) is 6.38. The highest BCUT2D eigenvalue weighted by Crippen LogP contribution is 2.53. The van der Waals surface area contributed by atoms with E-state index < -0.39 is 0 Å². The van der Waals surface area contributed by atoms with E-state index in [1.165, 1.54) is 36.2 Å². The van der Waals surface area contributed by atoms with Crippen LogP contribution in [0.2, 0.25) is 0 Å². The second-order valence-corrected chi connectivity index (χ2v) is 9.89. The Balaban J connectivity index is 1.47. The summed E-state index contributed by atoms with van der Waals surface area (Å²) in [5.74, 6) is 0.141. The minimum Gasteiger partial charge on any atom is -0.283 e. The molecule has 1 amide bonds. The zero-order chi connectivity index (χ0) is 23.4. The summed E-state index contributed by atoms with van der Waals surface area (Å²) in [5, 5.41) is 4.84. The molecule has 2 heterocycles. The highest BCUT2D eigenvalue weighted by Gasteiger charge is 2.48. The van der Waals surface area contributed by atoms with Crippen molar-refractivity contribution in [1.82, 2.24) is 5.01 Å². The molecule has 0 radical (unpaired) electrons. The Labute approximate surface area is 200 Å². The van der Waals surface area contributed by atoms with Gasteiger partial charge >= 0.3 is 0 Å². The number of carbonyl (C=O) groups is 1. The maximum atomic E-state index is 13.7. The molecule has 0 bridgehead atoms. The summed E-state index contributed by atoms with van der Waals surface area (Å²) in [7, 11) is 0. The Bertz CT molecular complexity index is 1230. The van der Waals surface area contributed by atoms with Gasteiger partial charge in [0.15, 0.2) is 0 Å². The zero-order valence-electron chi connectivity index (χ0n) is 19.8. The van der Waals surface area contributed by atoms with E-state index in [0.29, 0.717) is 0 Å². The van der Waals surface area contributed by atoms with E-state index in [1.807, 2.05) is 12.1 Å². The number of hydrogen-bond acceptors (Lipinski definition) is 3. The molecule has 6 rings (SSSR count). The summed E-state index contributed by atoms with van der Waals surface area (Å²) in [6.07, 6.45) is 4.11. The number of benzene rings is 3. The van der Waals surface area contributed by atoms with E-state index >= 15 is 0 Å². The van der Waals surface area contributed by atoms with Gasteiger partial charge in [0.05, 0.1) is 11.4 Å². The lowest BCUT2D eigenvalue weighted by molar-refractivity contribution is -0.120. The number of amides is 1. The third kappa shape index (κ3) is 3.50. The van der Waals surface area contributed by atoms with Crippen LogP contribution in [0.5, 0.6) is 0 Å². The normalized spacial score (nSPS) is 20.1. The lowest BCUT2D eigenvalue weighted by atomic mass is 10.0. The summed E-state index contributed by atoms with van der Waals surface area (Å²) < 4.78 is 13.4. The molecule has 1 saturated heterocycles. The second kappa shape index (κ2) is 8.24. The summed E-state index contributed by atoms with van der Waals surface area (Å²) in [6.45, 7) is 6.28. The Morgan fingerprint density at radius 1 is 0.794 bits per heavy atom. The van der Waals surface area contributed by atoms with Crippen molar-refractivity contribution >= 4 is 17.3 Å². The van der Waals surface area contributed by atoms with Crippen LogP contribution >= 0.6 is 0 Å². The molecular weight excluding hydrogens is 425 g/mol. The van der Waals surface area contributed by atoms with Gasteiger partial charge in [0.1, 0.15) is 12.0 Å². The largest absolute Gasteiger partial charge is 0.283 e. The minimum atomic E-state index is -0.231. The van der Waals surface area contributed by atoms with Crippen molar-refractivity contribution < 1.29 is 9.18 Å². The van der Waals surface area contributed by atoms with Crippen LogP contribution < -0.4 is 9.91 Å². The highest BCUT2D eigenvalue weighted by molar-refractivity contribution is 6.04. The lowest BCUT2D eigenvalue weighted by Gasteiger charge is -2.38. The maximum Gasteiger partial charge on any atom is 0.232 e. The number of rotatable bonds is 4. The number of nitrogens with zero attached hydrogens (tertiary/aromatic N) is 3. The molecule has 4 nitrogen and oxygen atoms in total. The monoisotopic (exact) mass is 455 g/mol. The number of carbonyl (C=O) groups excluding carboxylic acids is 1. The van der Waals surface area contributed by atoms with Crippen molar-refractivity contribution in [2.24, 2.45) is 5.92 Å². The number of fused-ring (bicyclic) bond motifs is 1. The van der Waals surface area contributed by atoms with Crippen molar-refractivity contribution in [3.8, 4) is 11.1 Å². The summed E-state index contributed by atoms with van der Waals surface area (Å²) >= 11 is 0. The fourth-order valence-corrected chi connectivity index (χ4v) is 5.48. The molecule has 1 saturated carbocycles. The molecule has 34 heavy (non-hydrogen) atoms. The Kier molecular flexibility index (Phi) is 5.18. The molecule has 3 aromatic carbocycles. The molecule has 0 aromatic heterocycles. The van der Waals surface area contributed by atoms with Crippen molar-refractivity contribution in [2.45, 2.75) is 45.7 Å². The molecular formula is C29H30FN3O. The first-order valence-corrected chi connectivity index (χ1v) is 12.4. The molecule has 0 spiro atoms. The van der Waals surface area contributed by atoms with E-state index in [-0.39, 0.29) is 23.8 Å². The first kappa shape index (κ1) is 21.4. The van der Waals surface area contributed by atoms with Gasteiger partial charge in [-0.25, -0.2) is 9.40 Å². The highest BCUT2D eigenvalue weighted by atomic mass is 19.1. The maximum absolute atomic E-state index is 13.7. The zero-order valence-corrected chi connectivity index (χ0v) is 19.8. The van der Waals surface area contributed by atoms with E-state index in [1.54, 1.807) is 0 Å². The average molecular weight is 456 g/mol. The minimum absolute atomic E-state index is 0.132. The second-order valence-electron chi connectivity index (χ2n) is 9.89. The van der Waals surface area contributed by atoms with E-state index in [9.17, 15) is 9.18 Å². The van der Waals surface area contributed by atoms with Crippen LogP contribution in [0.3, 0.4) is 0 Å². The third-order valence-electron chi connectivity index (χ3n) is 7.44. The number of hydrogen-bond donors (Lipinski definition) is 0. The first-order valence-electron chi connectivity index (χ1n) is 12.4. The summed E-state index contributed by atoms with van der Waals surface area (Å²) in [6, 6.07) is 19.4. The molecule has 1 aliphatic carbocycles. The number of anilines is 2. The Morgan fingerprint density at radius 2 is 1.35 bits per heavy atom. The lowest BCUT2D eigenvalue weighted by Crippen LogP contribution is -2.47. The van der Waals surface area contributed by atoms with E-state index in [2.05, 4.69) is 65.2 Å². The molecule has 2 fully saturated rings. The van der Waals surface area contributed by atoms with Crippen LogP contribution in [-0.4, -0.2) is 24.0 Å². The van der Waals surface area contributed by atoms with Crippen molar-refractivity contribution in [3.05, 3.63) is 83.2 Å². The van der Waals surface area contributed by atoms with Crippen LogP contribution in [-0.2, 0) is 4.79 Å². The molecule has 5 heteroatoms. The van der Waals surface area contributed by atoms with Gasteiger partial charge in [-0.3, -0.25) is 14.7 Å². The van der Waals surface area contributed by atoms with Crippen LogP contribution in [0.4, 0.5) is 15.8 Å². The SMILES string of the molecule is Cc1ccc(C)c2c1N(C(=O)C1CC1)C(c1ccc(-c3ccc(F)cc3)cc1)N2N1CCCC1. The molecule has 174 valence electrons. The average Bonchev–Trinajstić information content (AvgIpc) is 3.43. The standard InChI is InChI=1S/C29H30FN3O/c1-19-5-6-20(2)27-26(19)32(29(34)24-11-12-24)28(33(27)31-17-3-4-18-31)23-9-7-21(8-10-23)22-13-15-25(30)16-14-22/h5-10,13-16,24,28H,3-4,11-12,17-18H2,1-2H3. The fourth-order valence-electron chi connectivity index (χ4n) is 5.48. The van der Waals surface area contributed by atoms with Crippen LogP contribution in [0.1, 0.15) is 48.5 Å².